The molecule has 2 heterocycles. The van der Waals surface area contributed by atoms with Gasteiger partial charge < -0.3 is 10.0 Å². The molecule has 2 aliphatic rings. The molecule has 0 radical (unpaired) electrons. The van der Waals surface area contributed by atoms with Gasteiger partial charge in [0.15, 0.2) is 17.3 Å². The molecular formula is C42H55N2O10S2+. The third kappa shape index (κ3) is 10.2. The maximum absolute atomic E-state index is 13.7. The monoisotopic (exact) mass is 811 g/mol. The maximum atomic E-state index is 13.7. The molecule has 0 amide bonds. The van der Waals surface area contributed by atoms with Gasteiger partial charge in [0.05, 0.1) is 16.1 Å². The quantitative estimate of drug-likeness (QED) is 0.0387. The summed E-state index contributed by atoms with van der Waals surface area (Å²) in [6.07, 6.45) is 13.5. The molecule has 56 heavy (non-hydrogen) atoms. The zero-order chi connectivity index (χ0) is 41.6. The molecule has 0 saturated carbocycles. The van der Waals surface area contributed by atoms with Crippen LogP contribution < -0.4 is 4.90 Å². The highest BCUT2D eigenvalue weighted by atomic mass is 32.2. The number of carbonyl (C=O) groups is 3. The predicted molar refractivity (Wildman–Crippen MR) is 218 cm³/mol. The van der Waals surface area contributed by atoms with Gasteiger partial charge in [0.1, 0.15) is 6.54 Å². The topological polar surface area (TPSA) is 186 Å². The Labute approximate surface area is 331 Å². The zero-order valence-corrected chi connectivity index (χ0v) is 34.8. The van der Waals surface area contributed by atoms with Crippen molar-refractivity contribution in [3.05, 3.63) is 88.7 Å². The maximum Gasteiger partial charge on any atom is 0.303 e. The third-order valence-corrected chi connectivity index (χ3v) is 12.1. The van der Waals surface area contributed by atoms with Crippen molar-refractivity contribution in [2.75, 3.05) is 23.7 Å². The second kappa shape index (κ2) is 17.9. The lowest BCUT2D eigenvalue weighted by molar-refractivity contribution is -0.437. The first-order valence-corrected chi connectivity index (χ1v) is 22.2. The Hall–Kier alpha value is -4.24. The van der Waals surface area contributed by atoms with Crippen LogP contribution in [-0.2, 0) is 35.9 Å². The Bertz CT molecular complexity index is 2210. The van der Waals surface area contributed by atoms with Gasteiger partial charge in [0, 0.05) is 77.9 Å². The standard InChI is InChI=1S/C42H54N2O10S2/c1-7-16-35(45)29-26-31(36(46)17-8-2)40-34(27-29)44(23-14-10-13-20-39(47)48)38(42(40,5)6)19-12-9-11-18-37-41(3,4)32-28-30(56(52,53)54)21-22-33(32)43(37)24-15-25-55(49,50)51/h9,11-12,18-19,21-22,26-28H,7-8,10,13-17,20,23-25H2,1-6H3,(H2-,47,48,49,50,51,52,53,54)/p+1. The number of aliphatic carboxylic acids is 1. The summed E-state index contributed by atoms with van der Waals surface area (Å²) in [5, 5.41) is 9.16. The fourth-order valence-electron chi connectivity index (χ4n) is 7.79. The lowest BCUT2D eigenvalue weighted by Gasteiger charge is -2.27. The second-order valence-electron chi connectivity index (χ2n) is 15.5. The predicted octanol–water partition coefficient (Wildman–Crippen LogP) is 7.99. The number of allylic oxidation sites excluding steroid dienone is 6. The number of ketones is 2. The van der Waals surface area contributed by atoms with Crippen molar-refractivity contribution in [3.8, 4) is 0 Å². The van der Waals surface area contributed by atoms with E-state index in [1.165, 1.54) is 12.1 Å². The lowest BCUT2D eigenvalue weighted by atomic mass is 9.79. The number of benzene rings is 2. The van der Waals surface area contributed by atoms with Crippen molar-refractivity contribution in [1.82, 2.24) is 0 Å². The molecular weight excluding hydrogens is 757 g/mol. The number of hydrogen-bond donors (Lipinski definition) is 3. The molecule has 0 saturated heterocycles. The number of carboxylic acid groups (broad SMARTS) is 1. The summed E-state index contributed by atoms with van der Waals surface area (Å²) in [4.78, 5) is 39.9. The van der Waals surface area contributed by atoms with E-state index in [1.54, 1.807) is 12.1 Å². The lowest BCUT2D eigenvalue weighted by Crippen LogP contribution is -2.28. The van der Waals surface area contributed by atoms with E-state index in [4.69, 9.17) is 5.11 Å². The molecule has 0 fully saturated rings. The van der Waals surface area contributed by atoms with Crippen molar-refractivity contribution in [2.24, 2.45) is 0 Å². The molecule has 14 heteroatoms. The Morgan fingerprint density at radius 3 is 2.11 bits per heavy atom. The smallest absolute Gasteiger partial charge is 0.303 e. The Kier molecular flexibility index (Phi) is 14.2. The molecule has 0 aromatic heterocycles. The molecule has 0 atom stereocenters. The molecule has 304 valence electrons. The van der Waals surface area contributed by atoms with Crippen LogP contribution in [0.2, 0.25) is 0 Å². The molecule has 12 nitrogen and oxygen atoms in total. The van der Waals surface area contributed by atoms with E-state index in [0.29, 0.717) is 73.9 Å². The van der Waals surface area contributed by atoms with Crippen LogP contribution in [0.25, 0.3) is 0 Å². The van der Waals surface area contributed by atoms with Crippen LogP contribution >= 0.6 is 0 Å². The highest BCUT2D eigenvalue weighted by Crippen LogP contribution is 2.50. The summed E-state index contributed by atoms with van der Waals surface area (Å²) in [6, 6.07) is 7.92. The van der Waals surface area contributed by atoms with E-state index < -0.39 is 42.8 Å². The van der Waals surface area contributed by atoms with Crippen molar-refractivity contribution >= 4 is 54.9 Å². The highest BCUT2D eigenvalue weighted by Gasteiger charge is 2.45. The zero-order valence-electron chi connectivity index (χ0n) is 33.2. The Morgan fingerprint density at radius 1 is 0.804 bits per heavy atom. The third-order valence-electron chi connectivity index (χ3n) is 10.5. The first-order valence-electron chi connectivity index (χ1n) is 19.2. The first kappa shape index (κ1) is 44.5. The molecule has 2 aromatic rings. The normalized spacial score (nSPS) is 17.0. The summed E-state index contributed by atoms with van der Waals surface area (Å²) >= 11 is 0. The van der Waals surface area contributed by atoms with E-state index in [-0.39, 0.29) is 35.8 Å². The minimum Gasteiger partial charge on any atom is -0.481 e. The van der Waals surface area contributed by atoms with Gasteiger partial charge in [-0.1, -0.05) is 52.3 Å². The summed E-state index contributed by atoms with van der Waals surface area (Å²) in [7, 11) is -8.70. The number of carbonyl (C=O) groups excluding carboxylic acids is 2. The number of nitrogens with zero attached hydrogens (tertiary/aromatic N) is 2. The second-order valence-corrected chi connectivity index (χ2v) is 18.5. The molecule has 0 bridgehead atoms. The van der Waals surface area contributed by atoms with Crippen LogP contribution in [0.15, 0.2) is 71.3 Å². The van der Waals surface area contributed by atoms with Crippen molar-refractivity contribution in [1.29, 1.82) is 0 Å². The number of fused-ring (bicyclic) bond motifs is 2. The van der Waals surface area contributed by atoms with Gasteiger partial charge in [-0.2, -0.15) is 21.4 Å². The number of hydrogen-bond acceptors (Lipinski definition) is 8. The van der Waals surface area contributed by atoms with Crippen LogP contribution in [-0.4, -0.2) is 77.7 Å². The van der Waals surface area contributed by atoms with Gasteiger partial charge >= 0.3 is 5.97 Å². The van der Waals surface area contributed by atoms with Gasteiger partial charge in [-0.3, -0.25) is 23.5 Å². The molecule has 4 rings (SSSR count). The average Bonchev–Trinajstić information content (AvgIpc) is 3.44. The molecule has 0 aliphatic carbocycles. The van der Waals surface area contributed by atoms with E-state index in [1.807, 2.05) is 68.7 Å². The van der Waals surface area contributed by atoms with Gasteiger partial charge in [0.2, 0.25) is 5.69 Å². The molecule has 2 aromatic carbocycles. The summed E-state index contributed by atoms with van der Waals surface area (Å²) < 4.78 is 68.1. The first-order chi connectivity index (χ1) is 26.1. The number of anilines is 1. The van der Waals surface area contributed by atoms with Crippen LogP contribution in [0.3, 0.4) is 0 Å². The SMILES string of the molecule is CCCC(=O)c1cc(C(=O)CCC)c2c(c1)N(CCCCCC(=O)O)C(=CC=CC=CC1=[N+](CCCS(=O)(=O)O)c3ccc(S(=O)(=O)O)cc3C1(C)C)C2(C)C. The van der Waals surface area contributed by atoms with Gasteiger partial charge in [-0.25, -0.2) is 0 Å². The van der Waals surface area contributed by atoms with Gasteiger partial charge in [0.25, 0.3) is 20.2 Å². The highest BCUT2D eigenvalue weighted by molar-refractivity contribution is 7.86. The van der Waals surface area contributed by atoms with Crippen LogP contribution in [0.4, 0.5) is 11.4 Å². The van der Waals surface area contributed by atoms with Crippen molar-refractivity contribution in [3.63, 3.8) is 0 Å². The molecule has 3 N–H and O–H groups in total. The van der Waals surface area contributed by atoms with E-state index in [9.17, 15) is 40.3 Å². The Morgan fingerprint density at radius 2 is 1.48 bits per heavy atom. The summed E-state index contributed by atoms with van der Waals surface area (Å²) in [5.41, 5.74) is 4.25. The number of rotatable bonds is 20. The fourth-order valence-corrected chi connectivity index (χ4v) is 8.79. The largest absolute Gasteiger partial charge is 0.481 e. The van der Waals surface area contributed by atoms with Crippen LogP contribution in [0.1, 0.15) is 131 Å². The number of Topliss-reactive ketones (excluding diaryl/α,β-unsaturated/α-hetero) is 2. The molecule has 0 unspecified atom stereocenters. The van der Waals surface area contributed by atoms with E-state index in [2.05, 4.69) is 18.7 Å². The minimum absolute atomic E-state index is 0.0221. The summed E-state index contributed by atoms with van der Waals surface area (Å²) in [6.45, 7) is 12.6. The molecule has 2 aliphatic heterocycles. The number of carboxylic acids is 1. The Balaban J connectivity index is 1.77. The fraction of sp³-hybridized carbons (Fsp3) is 0.476. The van der Waals surface area contributed by atoms with Gasteiger partial charge in [-0.15, -0.1) is 0 Å². The summed E-state index contributed by atoms with van der Waals surface area (Å²) in [5.74, 6) is -1.35. The number of unbranched alkanes of at least 4 members (excludes halogenated alkanes) is 2. The minimum atomic E-state index is -4.48. The van der Waals surface area contributed by atoms with Crippen LogP contribution in [0.5, 0.6) is 0 Å². The molecule has 0 spiro atoms. The van der Waals surface area contributed by atoms with Gasteiger partial charge in [-0.05, 0) is 75.4 Å². The van der Waals surface area contributed by atoms with Crippen molar-refractivity contribution in [2.45, 2.75) is 115 Å². The van der Waals surface area contributed by atoms with E-state index in [0.717, 1.165) is 22.7 Å². The van der Waals surface area contributed by atoms with Crippen LogP contribution in [0, 0.1) is 0 Å². The van der Waals surface area contributed by atoms with E-state index >= 15 is 0 Å². The van der Waals surface area contributed by atoms with Crippen molar-refractivity contribution < 1.29 is 50.0 Å². The average molecular weight is 812 g/mol.